The van der Waals surface area contributed by atoms with E-state index in [-0.39, 0.29) is 17.7 Å². The molecule has 3 amide bonds. The van der Waals surface area contributed by atoms with E-state index in [2.05, 4.69) is 5.32 Å². The van der Waals surface area contributed by atoms with Crippen LogP contribution in [0.3, 0.4) is 0 Å². The Labute approximate surface area is 199 Å². The molecule has 7 heteroatoms. The first kappa shape index (κ1) is 24.3. The Hall–Kier alpha value is -2.37. The van der Waals surface area contributed by atoms with Gasteiger partial charge in [-0.1, -0.05) is 73.9 Å². The summed E-state index contributed by atoms with van der Waals surface area (Å²) in [5.74, 6) is -0.401. The predicted octanol–water partition coefficient (Wildman–Crippen LogP) is 6.74. The highest BCUT2D eigenvalue weighted by Gasteiger charge is 2.34. The molecule has 1 N–H and O–H groups in total. The van der Waals surface area contributed by atoms with Crippen molar-refractivity contribution >= 4 is 46.6 Å². The summed E-state index contributed by atoms with van der Waals surface area (Å²) in [5.41, 5.74) is 1.58. The zero-order valence-corrected chi connectivity index (χ0v) is 19.6. The second kappa shape index (κ2) is 12.0. The summed E-state index contributed by atoms with van der Waals surface area (Å²) < 4.78 is 0. The van der Waals surface area contributed by atoms with E-state index in [1.807, 2.05) is 0 Å². The molecule has 0 bridgehead atoms. The zero-order valence-electron chi connectivity index (χ0n) is 18.0. The number of rotatable bonds is 12. The molecule has 0 spiro atoms. The van der Waals surface area contributed by atoms with Gasteiger partial charge in [0.1, 0.15) is 0 Å². The SMILES string of the molecule is O=C(CCCCCCCCCCN1C(=O)c2ccccc2C1=O)Nc1cc(Cl)ccc1Cl. The summed E-state index contributed by atoms with van der Waals surface area (Å²) in [6.45, 7) is 0.484. The van der Waals surface area contributed by atoms with Crippen LogP contribution < -0.4 is 5.32 Å². The van der Waals surface area contributed by atoms with E-state index >= 15 is 0 Å². The van der Waals surface area contributed by atoms with Crippen molar-refractivity contribution in [3.05, 3.63) is 63.6 Å². The molecule has 1 aliphatic rings. The van der Waals surface area contributed by atoms with Crippen molar-refractivity contribution in [1.29, 1.82) is 0 Å². The molecule has 2 aromatic carbocycles. The van der Waals surface area contributed by atoms with Crippen LogP contribution in [0, 0.1) is 0 Å². The molecule has 0 radical (unpaired) electrons. The highest BCUT2D eigenvalue weighted by Crippen LogP contribution is 2.26. The van der Waals surface area contributed by atoms with E-state index in [4.69, 9.17) is 23.2 Å². The maximum Gasteiger partial charge on any atom is 0.261 e. The third-order valence-electron chi connectivity index (χ3n) is 5.62. The first-order chi connectivity index (χ1) is 15.5. The topological polar surface area (TPSA) is 66.5 Å². The Morgan fingerprint density at radius 1 is 0.781 bits per heavy atom. The standard InChI is InChI=1S/C25H28Cl2N2O3/c26-18-14-15-21(27)22(17-18)28-23(30)13-7-5-3-1-2-4-6-10-16-29-24(31)19-11-8-9-12-20(19)25(29)32/h8-9,11-12,14-15,17H,1-7,10,13,16H2,(H,28,30). The molecule has 3 rings (SSSR count). The van der Waals surface area contributed by atoms with Crippen LogP contribution in [0.25, 0.3) is 0 Å². The highest BCUT2D eigenvalue weighted by atomic mass is 35.5. The summed E-state index contributed by atoms with van der Waals surface area (Å²) in [4.78, 5) is 38.1. The highest BCUT2D eigenvalue weighted by molar-refractivity contribution is 6.35. The average molecular weight is 475 g/mol. The van der Waals surface area contributed by atoms with Gasteiger partial charge in [-0.3, -0.25) is 19.3 Å². The Morgan fingerprint density at radius 2 is 1.34 bits per heavy atom. The van der Waals surface area contributed by atoms with E-state index in [1.54, 1.807) is 42.5 Å². The first-order valence-electron chi connectivity index (χ1n) is 11.2. The fourth-order valence-electron chi connectivity index (χ4n) is 3.86. The maximum atomic E-state index is 12.3. The Balaban J connectivity index is 1.20. The Bertz CT molecular complexity index is 942. The van der Waals surface area contributed by atoms with Crippen LogP contribution in [0.5, 0.6) is 0 Å². The van der Waals surface area contributed by atoms with Crippen molar-refractivity contribution in [3.8, 4) is 0 Å². The van der Waals surface area contributed by atoms with Gasteiger partial charge in [-0.15, -0.1) is 0 Å². The smallest absolute Gasteiger partial charge is 0.261 e. The van der Waals surface area contributed by atoms with Crippen molar-refractivity contribution in [2.75, 3.05) is 11.9 Å². The Morgan fingerprint density at radius 3 is 1.97 bits per heavy atom. The van der Waals surface area contributed by atoms with Crippen molar-refractivity contribution in [1.82, 2.24) is 4.90 Å². The zero-order chi connectivity index (χ0) is 22.9. The fraction of sp³-hybridized carbons (Fsp3) is 0.400. The number of nitrogens with zero attached hydrogens (tertiary/aromatic N) is 1. The van der Waals surface area contributed by atoms with Crippen LogP contribution in [0.4, 0.5) is 5.69 Å². The molecule has 0 aliphatic carbocycles. The van der Waals surface area contributed by atoms with Crippen LogP contribution in [0.1, 0.15) is 78.5 Å². The number of anilines is 1. The molecule has 1 heterocycles. The summed E-state index contributed by atoms with van der Waals surface area (Å²) in [7, 11) is 0. The molecular formula is C25H28Cl2N2O3. The average Bonchev–Trinajstić information content (AvgIpc) is 3.02. The molecule has 0 aromatic heterocycles. The van der Waals surface area contributed by atoms with Crippen molar-refractivity contribution in [3.63, 3.8) is 0 Å². The van der Waals surface area contributed by atoms with Gasteiger partial charge in [0, 0.05) is 18.0 Å². The lowest BCUT2D eigenvalue weighted by Gasteiger charge is -2.13. The number of imide groups is 1. The van der Waals surface area contributed by atoms with Gasteiger partial charge >= 0.3 is 0 Å². The molecule has 2 aromatic rings. The molecule has 1 aliphatic heterocycles. The number of hydrogen-bond acceptors (Lipinski definition) is 3. The largest absolute Gasteiger partial charge is 0.325 e. The van der Waals surface area contributed by atoms with Crippen LogP contribution in [0.15, 0.2) is 42.5 Å². The quantitative estimate of drug-likeness (QED) is 0.273. The van der Waals surface area contributed by atoms with Gasteiger partial charge in [-0.05, 0) is 43.2 Å². The van der Waals surface area contributed by atoms with Crippen molar-refractivity contribution in [2.24, 2.45) is 0 Å². The molecule has 0 saturated heterocycles. The number of hydrogen-bond donors (Lipinski definition) is 1. The van der Waals surface area contributed by atoms with Gasteiger partial charge in [0.05, 0.1) is 21.8 Å². The maximum absolute atomic E-state index is 12.3. The molecule has 0 fully saturated rings. The minimum atomic E-state index is -0.174. The van der Waals surface area contributed by atoms with E-state index in [0.717, 1.165) is 51.4 Å². The van der Waals surface area contributed by atoms with Crippen LogP contribution >= 0.6 is 23.2 Å². The minimum absolute atomic E-state index is 0.0534. The number of unbranched alkanes of at least 4 members (excludes halogenated alkanes) is 7. The number of carbonyl (C=O) groups excluding carboxylic acids is 3. The van der Waals surface area contributed by atoms with Gasteiger partial charge in [-0.2, -0.15) is 0 Å². The molecular weight excluding hydrogens is 447 g/mol. The summed E-state index contributed by atoms with van der Waals surface area (Å²) >= 11 is 12.0. The summed E-state index contributed by atoms with van der Waals surface area (Å²) in [5, 5.41) is 3.82. The molecule has 0 unspecified atom stereocenters. The first-order valence-corrected chi connectivity index (χ1v) is 11.9. The van der Waals surface area contributed by atoms with Gasteiger partial charge in [0.25, 0.3) is 11.8 Å². The number of amides is 3. The van der Waals surface area contributed by atoms with Gasteiger partial charge in [0.15, 0.2) is 0 Å². The monoisotopic (exact) mass is 474 g/mol. The lowest BCUT2D eigenvalue weighted by molar-refractivity contribution is -0.116. The summed E-state index contributed by atoms with van der Waals surface area (Å²) in [6, 6.07) is 12.0. The van der Waals surface area contributed by atoms with Crippen LogP contribution in [-0.4, -0.2) is 29.2 Å². The number of carbonyl (C=O) groups is 3. The van der Waals surface area contributed by atoms with Crippen LogP contribution in [0.2, 0.25) is 10.0 Å². The number of benzene rings is 2. The fourth-order valence-corrected chi connectivity index (χ4v) is 4.20. The second-order valence-electron chi connectivity index (χ2n) is 8.06. The van der Waals surface area contributed by atoms with Crippen molar-refractivity contribution in [2.45, 2.75) is 57.8 Å². The minimum Gasteiger partial charge on any atom is -0.325 e. The molecule has 5 nitrogen and oxygen atoms in total. The third kappa shape index (κ3) is 6.57. The number of fused-ring (bicyclic) bond motifs is 1. The van der Waals surface area contributed by atoms with Gasteiger partial charge in [-0.25, -0.2) is 0 Å². The Kier molecular flexibility index (Phi) is 9.12. The van der Waals surface area contributed by atoms with E-state index in [9.17, 15) is 14.4 Å². The van der Waals surface area contributed by atoms with E-state index in [0.29, 0.717) is 39.8 Å². The molecule has 170 valence electrons. The van der Waals surface area contributed by atoms with Gasteiger partial charge in [0.2, 0.25) is 5.91 Å². The van der Waals surface area contributed by atoms with E-state index < -0.39 is 0 Å². The van der Waals surface area contributed by atoms with Crippen LogP contribution in [-0.2, 0) is 4.79 Å². The molecule has 0 saturated carbocycles. The lowest BCUT2D eigenvalue weighted by atomic mass is 10.1. The third-order valence-corrected chi connectivity index (χ3v) is 6.18. The molecule has 0 atom stereocenters. The summed E-state index contributed by atoms with van der Waals surface area (Å²) in [6.07, 6.45) is 8.54. The number of nitrogens with one attached hydrogen (secondary N) is 1. The van der Waals surface area contributed by atoms with Gasteiger partial charge < -0.3 is 5.32 Å². The van der Waals surface area contributed by atoms with Crippen molar-refractivity contribution < 1.29 is 14.4 Å². The molecule has 32 heavy (non-hydrogen) atoms. The van der Waals surface area contributed by atoms with E-state index in [1.165, 1.54) is 4.90 Å². The number of halogens is 2. The second-order valence-corrected chi connectivity index (χ2v) is 8.90. The predicted molar refractivity (Wildman–Crippen MR) is 128 cm³/mol. The lowest BCUT2D eigenvalue weighted by Crippen LogP contribution is -2.30. The normalized spacial score (nSPS) is 12.9.